The van der Waals surface area contributed by atoms with Crippen LogP contribution in [0.1, 0.15) is 24.0 Å². The molecule has 1 N–H and O–H groups in total. The summed E-state index contributed by atoms with van der Waals surface area (Å²) in [5, 5.41) is 9.64. The number of hydrogen-bond acceptors (Lipinski definition) is 1. The molecule has 1 saturated carbocycles. The maximum atomic E-state index is 9.64. The zero-order chi connectivity index (χ0) is 10.8. The Balaban J connectivity index is 2.11. The zero-order valence-corrected chi connectivity index (χ0v) is 8.90. The second-order valence-corrected chi connectivity index (χ2v) is 4.86. The van der Waals surface area contributed by atoms with E-state index in [1.54, 1.807) is 6.07 Å². The lowest BCUT2D eigenvalue weighted by Gasteiger charge is -2.10. The van der Waals surface area contributed by atoms with Crippen molar-refractivity contribution in [2.75, 3.05) is 0 Å². The van der Waals surface area contributed by atoms with E-state index in [1.165, 1.54) is 35.1 Å². The fraction of sp³-hybridized carbons (Fsp3) is 0.200. The molecule has 2 aromatic carbocycles. The molecule has 2 aliphatic rings. The van der Waals surface area contributed by atoms with E-state index < -0.39 is 0 Å². The van der Waals surface area contributed by atoms with Gasteiger partial charge in [-0.05, 0) is 47.2 Å². The number of hydrogen-bond donors (Lipinski definition) is 1. The van der Waals surface area contributed by atoms with Gasteiger partial charge >= 0.3 is 0 Å². The van der Waals surface area contributed by atoms with Gasteiger partial charge in [0.1, 0.15) is 5.75 Å². The zero-order valence-electron chi connectivity index (χ0n) is 8.90. The Hall–Kier alpha value is -1.76. The van der Waals surface area contributed by atoms with E-state index >= 15 is 0 Å². The minimum Gasteiger partial charge on any atom is -0.508 e. The van der Waals surface area contributed by atoms with Gasteiger partial charge in [-0.3, -0.25) is 0 Å². The van der Waals surface area contributed by atoms with Crippen molar-refractivity contribution in [1.82, 2.24) is 0 Å². The third-order valence-electron chi connectivity index (χ3n) is 4.00. The third kappa shape index (κ3) is 0.827. The van der Waals surface area contributed by atoms with Crippen LogP contribution in [0.5, 0.6) is 5.75 Å². The summed E-state index contributed by atoms with van der Waals surface area (Å²) < 4.78 is 0. The Kier molecular flexibility index (Phi) is 1.31. The topological polar surface area (TPSA) is 20.2 Å². The highest BCUT2D eigenvalue weighted by molar-refractivity contribution is 5.83. The number of benzene rings is 2. The molecule has 0 unspecified atom stereocenters. The Morgan fingerprint density at radius 1 is 0.875 bits per heavy atom. The van der Waals surface area contributed by atoms with Crippen molar-refractivity contribution < 1.29 is 5.11 Å². The monoisotopic (exact) mass is 208 g/mol. The van der Waals surface area contributed by atoms with Gasteiger partial charge in [-0.2, -0.15) is 0 Å². The largest absolute Gasteiger partial charge is 0.508 e. The van der Waals surface area contributed by atoms with Crippen molar-refractivity contribution in [1.29, 1.82) is 0 Å². The first kappa shape index (κ1) is 8.40. The SMILES string of the molecule is Oc1ccc2c(c1)C1(CC1)c1ccccc1-2. The van der Waals surface area contributed by atoms with E-state index in [-0.39, 0.29) is 5.41 Å². The lowest BCUT2D eigenvalue weighted by molar-refractivity contribution is 0.474. The molecule has 2 aromatic rings. The van der Waals surface area contributed by atoms with Gasteiger partial charge in [-0.15, -0.1) is 0 Å². The van der Waals surface area contributed by atoms with Gasteiger partial charge in [0.2, 0.25) is 0 Å². The van der Waals surface area contributed by atoms with Gasteiger partial charge in [0, 0.05) is 5.41 Å². The van der Waals surface area contributed by atoms with Crippen LogP contribution >= 0.6 is 0 Å². The van der Waals surface area contributed by atoms with Crippen LogP contribution in [0, 0.1) is 0 Å². The minimum absolute atomic E-state index is 0.241. The molecule has 1 fully saturated rings. The smallest absolute Gasteiger partial charge is 0.115 e. The average Bonchev–Trinajstić information content (AvgIpc) is 3.05. The van der Waals surface area contributed by atoms with Crippen LogP contribution in [0.2, 0.25) is 0 Å². The number of fused-ring (bicyclic) bond motifs is 5. The summed E-state index contributed by atoms with van der Waals surface area (Å²) in [4.78, 5) is 0. The molecule has 0 bridgehead atoms. The minimum atomic E-state index is 0.241. The molecule has 0 radical (unpaired) electrons. The van der Waals surface area contributed by atoms with E-state index in [2.05, 4.69) is 30.3 Å². The molecule has 1 spiro atoms. The molecule has 0 heterocycles. The molecule has 0 amide bonds. The van der Waals surface area contributed by atoms with Crippen molar-refractivity contribution in [3.8, 4) is 16.9 Å². The van der Waals surface area contributed by atoms with Gasteiger partial charge in [0.15, 0.2) is 0 Å². The van der Waals surface area contributed by atoms with Crippen LogP contribution in [0.15, 0.2) is 42.5 Å². The van der Waals surface area contributed by atoms with Gasteiger partial charge in [0.25, 0.3) is 0 Å². The van der Waals surface area contributed by atoms with Gasteiger partial charge in [-0.25, -0.2) is 0 Å². The molecule has 0 atom stereocenters. The quantitative estimate of drug-likeness (QED) is 0.703. The molecule has 0 aromatic heterocycles. The Morgan fingerprint density at radius 2 is 1.62 bits per heavy atom. The average molecular weight is 208 g/mol. The van der Waals surface area contributed by atoms with Crippen molar-refractivity contribution in [3.63, 3.8) is 0 Å². The summed E-state index contributed by atoms with van der Waals surface area (Å²) in [7, 11) is 0. The first-order valence-corrected chi connectivity index (χ1v) is 5.75. The van der Waals surface area contributed by atoms with Crippen LogP contribution < -0.4 is 0 Å². The second kappa shape index (κ2) is 2.49. The normalized spacial score (nSPS) is 18.2. The molecule has 0 saturated heterocycles. The molecule has 1 nitrogen and oxygen atoms in total. The molecule has 16 heavy (non-hydrogen) atoms. The van der Waals surface area contributed by atoms with Crippen molar-refractivity contribution in [2.24, 2.45) is 0 Å². The lowest BCUT2D eigenvalue weighted by atomic mass is 9.94. The van der Waals surface area contributed by atoms with Crippen molar-refractivity contribution in [3.05, 3.63) is 53.6 Å². The van der Waals surface area contributed by atoms with Crippen LogP contribution in [0.4, 0.5) is 0 Å². The highest BCUT2D eigenvalue weighted by Crippen LogP contribution is 2.62. The maximum absolute atomic E-state index is 9.64. The molecule has 2 aliphatic carbocycles. The van der Waals surface area contributed by atoms with E-state index in [9.17, 15) is 5.11 Å². The summed E-state index contributed by atoms with van der Waals surface area (Å²) in [6.45, 7) is 0. The summed E-state index contributed by atoms with van der Waals surface area (Å²) in [5.74, 6) is 0.387. The Morgan fingerprint density at radius 3 is 2.44 bits per heavy atom. The van der Waals surface area contributed by atoms with Crippen LogP contribution in [-0.4, -0.2) is 5.11 Å². The summed E-state index contributed by atoms with van der Waals surface area (Å²) in [6, 6.07) is 14.4. The summed E-state index contributed by atoms with van der Waals surface area (Å²) >= 11 is 0. The first-order valence-electron chi connectivity index (χ1n) is 5.75. The van der Waals surface area contributed by atoms with E-state index in [0.717, 1.165) is 0 Å². The summed E-state index contributed by atoms with van der Waals surface area (Å²) in [6.07, 6.45) is 2.45. The molecule has 4 rings (SSSR count). The fourth-order valence-electron chi connectivity index (χ4n) is 3.11. The molecule has 78 valence electrons. The highest BCUT2D eigenvalue weighted by atomic mass is 16.3. The Labute approximate surface area is 94.4 Å². The van der Waals surface area contributed by atoms with Crippen molar-refractivity contribution >= 4 is 0 Å². The fourth-order valence-corrected chi connectivity index (χ4v) is 3.11. The van der Waals surface area contributed by atoms with Crippen molar-refractivity contribution in [2.45, 2.75) is 18.3 Å². The maximum Gasteiger partial charge on any atom is 0.115 e. The van der Waals surface area contributed by atoms with E-state index in [0.29, 0.717) is 5.75 Å². The predicted molar refractivity (Wildman–Crippen MR) is 63.6 cm³/mol. The predicted octanol–water partition coefficient (Wildman–Crippen LogP) is 3.45. The summed E-state index contributed by atoms with van der Waals surface area (Å²) in [5.41, 5.74) is 5.69. The number of rotatable bonds is 0. The van der Waals surface area contributed by atoms with Gasteiger partial charge < -0.3 is 5.11 Å². The number of phenols is 1. The molecule has 1 heteroatoms. The Bertz CT molecular complexity index is 594. The highest BCUT2D eigenvalue weighted by Gasteiger charge is 2.52. The number of phenolic OH excluding ortho intramolecular Hbond substituents is 1. The van der Waals surface area contributed by atoms with Crippen LogP contribution in [0.25, 0.3) is 11.1 Å². The third-order valence-corrected chi connectivity index (χ3v) is 4.00. The van der Waals surface area contributed by atoms with Gasteiger partial charge in [0.05, 0.1) is 0 Å². The molecule has 0 aliphatic heterocycles. The van der Waals surface area contributed by atoms with E-state index in [4.69, 9.17) is 0 Å². The first-order chi connectivity index (χ1) is 7.81. The second-order valence-electron chi connectivity index (χ2n) is 4.86. The van der Waals surface area contributed by atoms with Crippen LogP contribution in [-0.2, 0) is 5.41 Å². The van der Waals surface area contributed by atoms with Gasteiger partial charge in [-0.1, -0.05) is 30.3 Å². The van der Waals surface area contributed by atoms with Crippen LogP contribution in [0.3, 0.4) is 0 Å². The van der Waals surface area contributed by atoms with E-state index in [1.807, 2.05) is 6.07 Å². The molecular formula is C15H12O. The standard InChI is InChI=1S/C15H12O/c16-10-5-6-12-11-3-1-2-4-13(11)15(7-8-15)14(12)9-10/h1-6,9,16H,7-8H2. The lowest BCUT2D eigenvalue weighted by Crippen LogP contribution is -2.02. The molecular weight excluding hydrogens is 196 g/mol. The number of aromatic hydroxyl groups is 1.